The second-order valence-electron chi connectivity index (χ2n) is 11.6. The van der Waals surface area contributed by atoms with Crippen LogP contribution in [0.15, 0.2) is 34.3 Å². The molecule has 2 rings (SSSR count). The van der Waals surface area contributed by atoms with Gasteiger partial charge in [0.2, 0.25) is 0 Å². The van der Waals surface area contributed by atoms with Crippen LogP contribution in [0.25, 0.3) is 0 Å². The zero-order chi connectivity index (χ0) is 33.0. The summed E-state index contributed by atoms with van der Waals surface area (Å²) in [4.78, 5) is 13.4. The molecule has 1 fully saturated rings. The molecule has 1 aromatic rings. The Morgan fingerprint density at radius 1 is 0.932 bits per heavy atom. The summed E-state index contributed by atoms with van der Waals surface area (Å²) in [5.74, 6) is -0.608. The van der Waals surface area contributed by atoms with E-state index in [0.717, 1.165) is 23.7 Å². The van der Waals surface area contributed by atoms with E-state index in [0.29, 0.717) is 24.0 Å². The minimum absolute atomic E-state index is 0.00497. The molecule has 0 amide bonds. The first-order chi connectivity index (χ1) is 21.0. The Morgan fingerprint density at radius 2 is 1.45 bits per heavy atom. The van der Waals surface area contributed by atoms with Crippen LogP contribution < -0.4 is 5.56 Å². The number of allylic oxidation sites excluding steroid dienone is 2. The number of hydrogen-bond acceptors (Lipinski definition) is 9. The van der Waals surface area contributed by atoms with Crippen LogP contribution >= 0.6 is 0 Å². The van der Waals surface area contributed by atoms with Gasteiger partial charge < -0.3 is 42.5 Å². The van der Waals surface area contributed by atoms with E-state index >= 15 is 0 Å². The fourth-order valence-electron chi connectivity index (χ4n) is 6.33. The van der Waals surface area contributed by atoms with Gasteiger partial charge in [-0.2, -0.15) is 0 Å². The lowest BCUT2D eigenvalue weighted by Gasteiger charge is -2.34. The van der Waals surface area contributed by atoms with Crippen molar-refractivity contribution in [1.82, 2.24) is 4.57 Å². The number of pyridine rings is 1. The highest BCUT2D eigenvalue weighted by Gasteiger charge is 2.55. The van der Waals surface area contributed by atoms with Crippen molar-refractivity contribution in [3.8, 4) is 5.75 Å². The number of rotatable bonds is 19. The molecule has 0 aromatic carbocycles. The fraction of sp³-hybridized carbons (Fsp3) is 0.727. The van der Waals surface area contributed by atoms with Crippen LogP contribution in [0, 0.1) is 0 Å². The Balaban J connectivity index is 2.52. The van der Waals surface area contributed by atoms with Gasteiger partial charge in [-0.1, -0.05) is 32.9 Å². The van der Waals surface area contributed by atoms with Crippen LogP contribution in [0.2, 0.25) is 18.1 Å². The minimum Gasteiger partial charge on any atom is -0.507 e. The maximum absolute atomic E-state index is 13.4. The van der Waals surface area contributed by atoms with Crippen molar-refractivity contribution in [1.29, 1.82) is 0 Å². The molecule has 11 heteroatoms. The van der Waals surface area contributed by atoms with E-state index in [1.807, 2.05) is 6.92 Å². The molecule has 1 unspecified atom stereocenters. The molecule has 1 N–H and O–H groups in total. The zero-order valence-electron chi connectivity index (χ0n) is 28.8. The van der Waals surface area contributed by atoms with Crippen molar-refractivity contribution < 1.29 is 38.0 Å². The van der Waals surface area contributed by atoms with Crippen molar-refractivity contribution in [3.63, 3.8) is 0 Å². The zero-order valence-corrected chi connectivity index (χ0v) is 29.8. The SMILES string of the molecule is C/C=C(\C)[C@@H](O[Si](CC)(CC)CC)/C(C)=C\CCc1c(O)c(C2[C@@H](OCOC)[C@@H](OC)[C@@H](OC)[C@H]2OCOC)cn(C)c1=O. The van der Waals surface area contributed by atoms with E-state index in [4.69, 9.17) is 32.8 Å². The van der Waals surface area contributed by atoms with Gasteiger partial charge in [0.25, 0.3) is 5.56 Å². The molecule has 10 nitrogen and oxygen atoms in total. The first-order valence-corrected chi connectivity index (χ1v) is 18.2. The van der Waals surface area contributed by atoms with Gasteiger partial charge in [-0.3, -0.25) is 4.79 Å². The summed E-state index contributed by atoms with van der Waals surface area (Å²) in [6, 6.07) is 3.20. The van der Waals surface area contributed by atoms with Crippen molar-refractivity contribution in [3.05, 3.63) is 51.0 Å². The Kier molecular flexibility index (Phi) is 16.0. The predicted octanol–water partition coefficient (Wildman–Crippen LogP) is 5.43. The molecule has 252 valence electrons. The number of nitrogens with zero attached hydrogens (tertiary/aromatic N) is 1. The molecule has 1 aliphatic carbocycles. The summed E-state index contributed by atoms with van der Waals surface area (Å²) in [7, 11) is 6.07. The number of aromatic hydroxyl groups is 1. The summed E-state index contributed by atoms with van der Waals surface area (Å²) in [5.41, 5.74) is 2.89. The van der Waals surface area contributed by atoms with Gasteiger partial charge in [0.15, 0.2) is 8.32 Å². The van der Waals surface area contributed by atoms with Crippen LogP contribution in [0.1, 0.15) is 65.0 Å². The van der Waals surface area contributed by atoms with E-state index in [1.54, 1.807) is 27.5 Å². The third-order valence-electron chi connectivity index (χ3n) is 9.25. The lowest BCUT2D eigenvalue weighted by Crippen LogP contribution is -2.40. The average Bonchev–Trinajstić information content (AvgIpc) is 3.34. The van der Waals surface area contributed by atoms with Crippen LogP contribution in [0.3, 0.4) is 0 Å². The van der Waals surface area contributed by atoms with Gasteiger partial charge >= 0.3 is 0 Å². The smallest absolute Gasteiger partial charge is 0.257 e. The Labute approximate surface area is 265 Å². The molecule has 0 spiro atoms. The second-order valence-corrected chi connectivity index (χ2v) is 16.3. The van der Waals surface area contributed by atoms with Crippen molar-refractivity contribution in [2.24, 2.45) is 7.05 Å². The fourth-order valence-corrected chi connectivity index (χ4v) is 9.21. The van der Waals surface area contributed by atoms with E-state index < -0.39 is 38.7 Å². The Hall–Kier alpha value is -1.83. The highest BCUT2D eigenvalue weighted by atomic mass is 28.4. The van der Waals surface area contributed by atoms with Crippen LogP contribution in [-0.2, 0) is 46.3 Å². The molecular weight excluding hydrogens is 582 g/mol. The van der Waals surface area contributed by atoms with Gasteiger partial charge in [-0.05, 0) is 62.9 Å². The lowest BCUT2D eigenvalue weighted by molar-refractivity contribution is -0.141. The van der Waals surface area contributed by atoms with Crippen molar-refractivity contribution in [2.45, 2.75) is 109 Å². The van der Waals surface area contributed by atoms with Crippen LogP contribution in [0.5, 0.6) is 5.75 Å². The first-order valence-electron chi connectivity index (χ1n) is 15.7. The molecule has 0 aliphatic heterocycles. The molecule has 1 heterocycles. The first kappa shape index (κ1) is 38.4. The largest absolute Gasteiger partial charge is 0.507 e. The Bertz CT molecular complexity index is 1120. The molecule has 1 aromatic heterocycles. The van der Waals surface area contributed by atoms with Crippen LogP contribution in [-0.4, -0.2) is 90.5 Å². The predicted molar refractivity (Wildman–Crippen MR) is 175 cm³/mol. The molecule has 0 saturated heterocycles. The maximum atomic E-state index is 13.4. The third-order valence-corrected chi connectivity index (χ3v) is 13.9. The summed E-state index contributed by atoms with van der Waals surface area (Å²) in [5, 5.41) is 11.7. The number of methoxy groups -OCH3 is 4. The number of ether oxygens (including phenoxy) is 6. The maximum Gasteiger partial charge on any atom is 0.257 e. The quantitative estimate of drug-likeness (QED) is 0.120. The van der Waals surface area contributed by atoms with Gasteiger partial charge in [-0.15, -0.1) is 0 Å². The number of hydrogen-bond donors (Lipinski definition) is 1. The molecule has 1 aliphatic rings. The molecule has 44 heavy (non-hydrogen) atoms. The van der Waals surface area contributed by atoms with Gasteiger partial charge in [0, 0.05) is 53.2 Å². The molecular formula is C33H57NO9Si. The number of aromatic nitrogens is 1. The van der Waals surface area contributed by atoms with Crippen molar-refractivity contribution in [2.75, 3.05) is 42.0 Å². The molecule has 0 bridgehead atoms. The van der Waals surface area contributed by atoms with E-state index in [9.17, 15) is 9.90 Å². The Morgan fingerprint density at radius 3 is 1.89 bits per heavy atom. The van der Waals surface area contributed by atoms with Gasteiger partial charge in [0.1, 0.15) is 31.5 Å². The topological polar surface area (TPSA) is 107 Å². The molecule has 1 saturated carbocycles. The number of aryl methyl sites for hydroxylation is 1. The van der Waals surface area contributed by atoms with E-state index in [2.05, 4.69) is 46.8 Å². The van der Waals surface area contributed by atoms with Gasteiger partial charge in [-0.25, -0.2) is 0 Å². The summed E-state index contributed by atoms with van der Waals surface area (Å²) < 4.78 is 42.7. The summed E-state index contributed by atoms with van der Waals surface area (Å²) >= 11 is 0. The van der Waals surface area contributed by atoms with Crippen molar-refractivity contribution >= 4 is 8.32 Å². The monoisotopic (exact) mass is 639 g/mol. The third kappa shape index (κ3) is 8.70. The van der Waals surface area contributed by atoms with Gasteiger partial charge in [0.05, 0.1) is 23.9 Å². The van der Waals surface area contributed by atoms with E-state index in [1.165, 1.54) is 24.4 Å². The van der Waals surface area contributed by atoms with Crippen LogP contribution in [0.4, 0.5) is 0 Å². The summed E-state index contributed by atoms with van der Waals surface area (Å²) in [6.45, 7) is 12.9. The normalized spacial score (nSPS) is 23.8. The van der Waals surface area contributed by atoms with E-state index in [-0.39, 0.29) is 31.0 Å². The molecule has 6 atom stereocenters. The average molecular weight is 640 g/mol. The minimum atomic E-state index is -1.86. The highest BCUT2D eigenvalue weighted by Crippen LogP contribution is 2.45. The molecule has 0 radical (unpaired) electrons. The summed E-state index contributed by atoms with van der Waals surface area (Å²) in [6.07, 6.45) is 4.48. The lowest BCUT2D eigenvalue weighted by atomic mass is 9.91. The standard InChI is InChI=1S/C33H57NO9Si/c1-12-22(5)28(43-44(13-2,14-3)15-4)23(6)17-16-18-24-27(35)25(19-34(7)33(24)36)26-29(41-20-37-8)31(39-10)32(40-11)30(26)42-21-38-9/h12,17,19,26,28-32,35H,13-16,18,20-21H2,1-11H3/b22-12+,23-17-/t26?,28-,29-,30+,31-,32+/m1/s1. The second kappa shape index (κ2) is 18.3. The highest BCUT2D eigenvalue weighted by molar-refractivity contribution is 6.73.